The Kier molecular flexibility index (Phi) is 6.46. The van der Waals surface area contributed by atoms with Crippen molar-refractivity contribution < 1.29 is 18.7 Å². The summed E-state index contributed by atoms with van der Waals surface area (Å²) < 4.78 is 21.8. The van der Waals surface area contributed by atoms with Crippen LogP contribution in [-0.4, -0.2) is 39.1 Å². The monoisotopic (exact) mass is 486 g/mol. The van der Waals surface area contributed by atoms with Gasteiger partial charge in [-0.1, -0.05) is 0 Å². The zero-order valence-electron chi connectivity index (χ0n) is 19.9. The quantitative estimate of drug-likeness (QED) is 0.651. The number of carbonyl (C=O) groups excluding carboxylic acids is 2. The third kappa shape index (κ3) is 4.62. The fourth-order valence-electron chi connectivity index (χ4n) is 5.74. The third-order valence-electron chi connectivity index (χ3n) is 7.88. The number of rotatable bonds is 5. The zero-order valence-corrected chi connectivity index (χ0v) is 19.9. The maximum absolute atomic E-state index is 14.1. The number of fused-ring (bicyclic) bond motifs is 1. The first-order chi connectivity index (χ1) is 16.9. The van der Waals surface area contributed by atoms with Crippen LogP contribution in [0.4, 0.5) is 4.39 Å². The van der Waals surface area contributed by atoms with E-state index in [1.54, 1.807) is 0 Å². The van der Waals surface area contributed by atoms with Crippen molar-refractivity contribution in [1.29, 1.82) is 0 Å². The van der Waals surface area contributed by atoms with Crippen molar-refractivity contribution in [2.45, 2.75) is 82.3 Å². The summed E-state index contributed by atoms with van der Waals surface area (Å²) in [6, 6.07) is 0.628. The predicted octanol–water partition coefficient (Wildman–Crippen LogP) is 2.61. The van der Waals surface area contributed by atoms with E-state index >= 15 is 0 Å². The van der Waals surface area contributed by atoms with Crippen LogP contribution in [0.25, 0.3) is 11.0 Å². The van der Waals surface area contributed by atoms with Gasteiger partial charge in [-0.2, -0.15) is 0 Å². The first kappa shape index (κ1) is 23.7. The third-order valence-corrected chi connectivity index (χ3v) is 7.88. The minimum atomic E-state index is -0.632. The molecule has 0 unspecified atom stereocenters. The van der Waals surface area contributed by atoms with Crippen molar-refractivity contribution in [1.82, 2.24) is 19.4 Å². The summed E-state index contributed by atoms with van der Waals surface area (Å²) in [5.41, 5.74) is -0.778. The minimum Gasteiger partial charge on any atom is -0.469 e. The normalized spacial score (nSPS) is 26.9. The van der Waals surface area contributed by atoms with E-state index in [1.165, 1.54) is 16.2 Å². The second-order valence-corrected chi connectivity index (χ2v) is 10.2. The lowest BCUT2D eigenvalue weighted by atomic mass is 9.86. The molecule has 2 heterocycles. The number of carbonyl (C=O) groups is 2. The summed E-state index contributed by atoms with van der Waals surface area (Å²) in [5.74, 6) is -0.859. The Morgan fingerprint density at radius 2 is 1.54 bits per heavy atom. The lowest BCUT2D eigenvalue weighted by Gasteiger charge is -2.32. The van der Waals surface area contributed by atoms with Crippen LogP contribution in [0, 0.1) is 17.7 Å². The molecule has 3 fully saturated rings. The SMILES string of the molecule is COC(=O)C1CCC(n2c(=O)n([C@H]3CC[C@@H](NC(=O)C4CC4)CC3)c(=O)c3cc(F)cnc32)CC1. The van der Waals surface area contributed by atoms with Gasteiger partial charge in [0.25, 0.3) is 5.56 Å². The molecule has 0 spiro atoms. The molecule has 0 aliphatic heterocycles. The van der Waals surface area contributed by atoms with E-state index in [4.69, 9.17) is 4.74 Å². The van der Waals surface area contributed by atoms with Crippen molar-refractivity contribution in [3.8, 4) is 0 Å². The molecule has 0 atom stereocenters. The van der Waals surface area contributed by atoms with Crippen molar-refractivity contribution >= 4 is 22.9 Å². The van der Waals surface area contributed by atoms with Gasteiger partial charge in [0.1, 0.15) is 11.5 Å². The van der Waals surface area contributed by atoms with Crippen LogP contribution in [-0.2, 0) is 14.3 Å². The maximum Gasteiger partial charge on any atom is 0.333 e. The van der Waals surface area contributed by atoms with E-state index < -0.39 is 17.1 Å². The highest BCUT2D eigenvalue weighted by Crippen LogP contribution is 2.34. The molecule has 3 aliphatic rings. The van der Waals surface area contributed by atoms with Crippen LogP contribution < -0.4 is 16.6 Å². The van der Waals surface area contributed by atoms with Crippen molar-refractivity contribution in [3.63, 3.8) is 0 Å². The van der Waals surface area contributed by atoms with Gasteiger partial charge in [0.15, 0.2) is 0 Å². The van der Waals surface area contributed by atoms with Crippen LogP contribution >= 0.6 is 0 Å². The van der Waals surface area contributed by atoms with Gasteiger partial charge in [-0.25, -0.2) is 14.2 Å². The molecule has 3 aliphatic carbocycles. The van der Waals surface area contributed by atoms with Crippen molar-refractivity contribution in [3.05, 3.63) is 38.9 Å². The van der Waals surface area contributed by atoms with Gasteiger partial charge < -0.3 is 10.1 Å². The zero-order chi connectivity index (χ0) is 24.7. The number of aromatic nitrogens is 3. The first-order valence-electron chi connectivity index (χ1n) is 12.6. The van der Waals surface area contributed by atoms with Crippen LogP contribution in [0.15, 0.2) is 21.9 Å². The molecule has 0 bridgehead atoms. The average Bonchev–Trinajstić information content (AvgIpc) is 3.71. The Bertz CT molecular complexity index is 1250. The van der Waals surface area contributed by atoms with Gasteiger partial charge in [0, 0.05) is 24.0 Å². The standard InChI is InChI=1S/C25H31FN4O5/c1-35-24(33)15-4-8-18(9-5-15)29-21-20(12-16(26)13-27-21)23(32)30(25(29)34)19-10-6-17(7-11-19)28-22(31)14-2-3-14/h12-15,17-19H,2-11H2,1H3,(H,28,31)/t15?,17-,18?,19+. The molecule has 0 saturated heterocycles. The van der Waals surface area contributed by atoms with Gasteiger partial charge in [0.05, 0.1) is 24.6 Å². The number of nitrogens with one attached hydrogen (secondary N) is 1. The average molecular weight is 487 g/mol. The topological polar surface area (TPSA) is 112 Å². The van der Waals surface area contributed by atoms with Crippen LogP contribution in [0.2, 0.25) is 0 Å². The van der Waals surface area contributed by atoms with E-state index in [9.17, 15) is 23.6 Å². The Labute approximate surface area is 201 Å². The molecule has 10 heteroatoms. The number of hydrogen-bond donors (Lipinski definition) is 1. The van der Waals surface area contributed by atoms with E-state index in [2.05, 4.69) is 10.3 Å². The summed E-state index contributed by atoms with van der Waals surface area (Å²) >= 11 is 0. The van der Waals surface area contributed by atoms with Gasteiger partial charge >= 0.3 is 11.7 Å². The highest BCUT2D eigenvalue weighted by Gasteiger charge is 2.34. The smallest absolute Gasteiger partial charge is 0.333 e. The molecule has 35 heavy (non-hydrogen) atoms. The fourth-order valence-corrected chi connectivity index (χ4v) is 5.74. The second-order valence-electron chi connectivity index (χ2n) is 10.2. The molecule has 3 saturated carbocycles. The highest BCUT2D eigenvalue weighted by molar-refractivity contribution is 5.81. The van der Waals surface area contributed by atoms with Gasteiger partial charge in [0.2, 0.25) is 5.91 Å². The van der Waals surface area contributed by atoms with E-state index in [0.29, 0.717) is 51.4 Å². The minimum absolute atomic E-state index is 0.0467. The number of halogens is 1. The number of hydrogen-bond acceptors (Lipinski definition) is 6. The largest absolute Gasteiger partial charge is 0.469 e. The Morgan fingerprint density at radius 1 is 0.943 bits per heavy atom. The molecule has 5 rings (SSSR count). The molecule has 188 valence electrons. The van der Waals surface area contributed by atoms with E-state index in [0.717, 1.165) is 25.1 Å². The number of ether oxygens (including phenoxy) is 1. The predicted molar refractivity (Wildman–Crippen MR) is 125 cm³/mol. The van der Waals surface area contributed by atoms with E-state index in [-0.39, 0.29) is 52.9 Å². The lowest BCUT2D eigenvalue weighted by Crippen LogP contribution is -2.46. The van der Waals surface area contributed by atoms with E-state index in [1.807, 2.05) is 0 Å². The van der Waals surface area contributed by atoms with Crippen LogP contribution in [0.1, 0.15) is 76.3 Å². The highest BCUT2D eigenvalue weighted by atomic mass is 19.1. The second kappa shape index (κ2) is 9.54. The number of esters is 1. The summed E-state index contributed by atoms with van der Waals surface area (Å²) in [6.07, 6.45) is 7.68. The summed E-state index contributed by atoms with van der Waals surface area (Å²) in [4.78, 5) is 55.3. The van der Waals surface area contributed by atoms with Crippen molar-refractivity contribution in [2.75, 3.05) is 7.11 Å². The molecular formula is C25H31FN4O5. The fraction of sp³-hybridized carbons (Fsp3) is 0.640. The maximum atomic E-state index is 14.1. The molecule has 9 nitrogen and oxygen atoms in total. The molecule has 0 aromatic carbocycles. The van der Waals surface area contributed by atoms with Crippen LogP contribution in [0.5, 0.6) is 0 Å². The number of amides is 1. The summed E-state index contributed by atoms with van der Waals surface area (Å²) in [6.45, 7) is 0. The Morgan fingerprint density at radius 3 is 2.17 bits per heavy atom. The molecule has 1 amide bonds. The summed E-state index contributed by atoms with van der Waals surface area (Å²) in [7, 11) is 1.37. The van der Waals surface area contributed by atoms with Gasteiger partial charge in [-0.15, -0.1) is 0 Å². The number of nitrogens with zero attached hydrogens (tertiary/aromatic N) is 3. The molecular weight excluding hydrogens is 455 g/mol. The Hall–Kier alpha value is -3.04. The molecule has 0 radical (unpaired) electrons. The lowest BCUT2D eigenvalue weighted by molar-refractivity contribution is -0.146. The first-order valence-corrected chi connectivity index (χ1v) is 12.6. The molecule has 2 aromatic rings. The van der Waals surface area contributed by atoms with Gasteiger partial charge in [-0.05, 0) is 70.3 Å². The molecule has 1 N–H and O–H groups in total. The summed E-state index contributed by atoms with van der Waals surface area (Å²) in [5, 5.41) is 3.18. The Balaban J connectivity index is 1.45. The van der Waals surface area contributed by atoms with Gasteiger partial charge in [-0.3, -0.25) is 23.5 Å². The number of pyridine rings is 1. The van der Waals surface area contributed by atoms with Crippen molar-refractivity contribution in [2.24, 2.45) is 11.8 Å². The van der Waals surface area contributed by atoms with Crippen LogP contribution in [0.3, 0.4) is 0 Å². The number of methoxy groups -OCH3 is 1. The molecule has 2 aromatic heterocycles.